The SMILES string of the molecule is CC1C2OC2CC(C(=O)OCCCCCc2ccccc2)C1C(=O)OCCCCCc1ccccc1. The lowest BCUT2D eigenvalue weighted by Crippen LogP contribution is -2.43. The van der Waals surface area contributed by atoms with Gasteiger partial charge in [-0.25, -0.2) is 0 Å². The van der Waals surface area contributed by atoms with Crippen molar-refractivity contribution in [1.29, 1.82) is 0 Å². The molecule has 5 atom stereocenters. The van der Waals surface area contributed by atoms with Crippen LogP contribution in [0.3, 0.4) is 0 Å². The first-order valence-electron chi connectivity index (χ1n) is 13.7. The third kappa shape index (κ3) is 7.67. The van der Waals surface area contributed by atoms with Crippen molar-refractivity contribution < 1.29 is 23.8 Å². The molecule has 0 radical (unpaired) electrons. The van der Waals surface area contributed by atoms with Crippen LogP contribution < -0.4 is 0 Å². The summed E-state index contributed by atoms with van der Waals surface area (Å²) in [4.78, 5) is 25.9. The molecule has 1 heterocycles. The minimum Gasteiger partial charge on any atom is -0.465 e. The van der Waals surface area contributed by atoms with E-state index in [0.29, 0.717) is 19.6 Å². The van der Waals surface area contributed by atoms with E-state index in [1.807, 2.05) is 19.1 Å². The number of ether oxygens (including phenoxy) is 3. The summed E-state index contributed by atoms with van der Waals surface area (Å²) in [6, 6.07) is 20.9. The first-order valence-corrected chi connectivity index (χ1v) is 13.7. The molecule has 0 spiro atoms. The molecule has 5 heteroatoms. The van der Waals surface area contributed by atoms with Crippen molar-refractivity contribution in [3.63, 3.8) is 0 Å². The lowest BCUT2D eigenvalue weighted by molar-refractivity contribution is -0.164. The molecule has 5 nitrogen and oxygen atoms in total. The maximum atomic E-state index is 13.0. The van der Waals surface area contributed by atoms with E-state index in [1.54, 1.807) is 0 Å². The number of aryl methyl sites for hydroxylation is 2. The highest BCUT2D eigenvalue weighted by Crippen LogP contribution is 2.47. The summed E-state index contributed by atoms with van der Waals surface area (Å²) in [6.45, 7) is 2.80. The van der Waals surface area contributed by atoms with E-state index in [4.69, 9.17) is 14.2 Å². The van der Waals surface area contributed by atoms with E-state index < -0.39 is 11.8 Å². The molecule has 36 heavy (non-hydrogen) atoms. The van der Waals surface area contributed by atoms with E-state index in [9.17, 15) is 9.59 Å². The average molecular weight is 493 g/mol. The second kappa shape index (κ2) is 13.6. The summed E-state index contributed by atoms with van der Waals surface area (Å²) in [5, 5.41) is 0. The maximum Gasteiger partial charge on any atom is 0.310 e. The summed E-state index contributed by atoms with van der Waals surface area (Å²) < 4.78 is 17.0. The van der Waals surface area contributed by atoms with Crippen LogP contribution in [0, 0.1) is 17.8 Å². The fourth-order valence-electron chi connectivity index (χ4n) is 5.45. The first-order chi connectivity index (χ1) is 17.6. The largest absolute Gasteiger partial charge is 0.465 e. The second-order valence-corrected chi connectivity index (χ2v) is 10.3. The Kier molecular flexibility index (Phi) is 9.97. The molecule has 0 amide bonds. The Bertz CT molecular complexity index is 944. The van der Waals surface area contributed by atoms with Crippen LogP contribution in [-0.2, 0) is 36.6 Å². The van der Waals surface area contributed by atoms with Crippen molar-refractivity contribution in [1.82, 2.24) is 0 Å². The van der Waals surface area contributed by atoms with E-state index >= 15 is 0 Å². The number of rotatable bonds is 14. The molecule has 1 saturated carbocycles. The number of benzene rings is 2. The zero-order valence-corrected chi connectivity index (χ0v) is 21.5. The van der Waals surface area contributed by atoms with Crippen LogP contribution >= 0.6 is 0 Å². The van der Waals surface area contributed by atoms with Gasteiger partial charge in [-0.1, -0.05) is 67.6 Å². The predicted octanol–water partition coefficient (Wildman–Crippen LogP) is 5.94. The number of epoxide rings is 1. The molecular formula is C31H40O5. The van der Waals surface area contributed by atoms with E-state index in [0.717, 1.165) is 51.4 Å². The number of carbonyl (C=O) groups is 2. The Labute approximate surface area is 215 Å². The van der Waals surface area contributed by atoms with Gasteiger partial charge >= 0.3 is 11.9 Å². The van der Waals surface area contributed by atoms with Crippen LogP contribution in [0.25, 0.3) is 0 Å². The maximum absolute atomic E-state index is 13.0. The highest BCUT2D eigenvalue weighted by molar-refractivity contribution is 5.83. The number of carbonyl (C=O) groups excluding carboxylic acids is 2. The summed E-state index contributed by atoms with van der Waals surface area (Å²) >= 11 is 0. The van der Waals surface area contributed by atoms with E-state index in [1.165, 1.54) is 11.1 Å². The number of esters is 2. The highest BCUT2D eigenvalue weighted by Gasteiger charge is 2.58. The van der Waals surface area contributed by atoms with Gasteiger partial charge in [0.1, 0.15) is 0 Å². The molecule has 1 saturated heterocycles. The van der Waals surface area contributed by atoms with Gasteiger partial charge in [-0.3, -0.25) is 9.59 Å². The Balaban J connectivity index is 1.15. The van der Waals surface area contributed by atoms with Crippen molar-refractivity contribution in [2.45, 2.75) is 76.9 Å². The molecule has 0 aromatic heterocycles. The van der Waals surface area contributed by atoms with Crippen molar-refractivity contribution in [2.75, 3.05) is 13.2 Å². The van der Waals surface area contributed by atoms with Gasteiger partial charge in [0.25, 0.3) is 0 Å². The minimum absolute atomic E-state index is 0.0299. The van der Waals surface area contributed by atoms with Gasteiger partial charge in [0.15, 0.2) is 0 Å². The van der Waals surface area contributed by atoms with Gasteiger partial charge in [0.2, 0.25) is 0 Å². The zero-order chi connectivity index (χ0) is 25.2. The third-order valence-electron chi connectivity index (χ3n) is 7.59. The number of unbranched alkanes of at least 4 members (excludes halogenated alkanes) is 4. The molecule has 2 aliphatic rings. The van der Waals surface area contributed by atoms with Crippen molar-refractivity contribution in [3.05, 3.63) is 71.8 Å². The minimum atomic E-state index is -0.483. The van der Waals surface area contributed by atoms with Crippen LogP contribution in [-0.4, -0.2) is 37.4 Å². The Morgan fingerprint density at radius 1 is 0.750 bits per heavy atom. The summed E-state index contributed by atoms with van der Waals surface area (Å²) in [5.41, 5.74) is 2.67. The second-order valence-electron chi connectivity index (χ2n) is 10.3. The van der Waals surface area contributed by atoms with Gasteiger partial charge in [-0.05, 0) is 74.8 Å². The number of hydrogen-bond donors (Lipinski definition) is 0. The van der Waals surface area contributed by atoms with Gasteiger partial charge in [0.05, 0.1) is 37.3 Å². The van der Waals surface area contributed by atoms with Crippen molar-refractivity contribution in [2.24, 2.45) is 17.8 Å². The monoisotopic (exact) mass is 492 g/mol. The van der Waals surface area contributed by atoms with Gasteiger partial charge in [-0.15, -0.1) is 0 Å². The molecule has 2 aromatic carbocycles. The molecule has 0 bridgehead atoms. The molecule has 4 rings (SSSR count). The van der Waals surface area contributed by atoms with Gasteiger partial charge < -0.3 is 14.2 Å². The summed E-state index contributed by atoms with van der Waals surface area (Å²) in [7, 11) is 0. The number of fused-ring (bicyclic) bond motifs is 1. The Morgan fingerprint density at radius 2 is 1.28 bits per heavy atom. The molecule has 2 fully saturated rings. The van der Waals surface area contributed by atoms with Crippen LogP contribution in [0.4, 0.5) is 0 Å². The van der Waals surface area contributed by atoms with Crippen LogP contribution in [0.1, 0.15) is 63.0 Å². The standard InChI is InChI=1S/C31H40O5/c1-23-28(31(33)35-21-13-5-11-19-25-16-8-3-9-17-25)26(22-27-29(23)36-27)30(32)34-20-12-4-10-18-24-14-6-2-7-15-24/h2-3,6-9,14-17,23,26-29H,4-5,10-13,18-22H2,1H3. The van der Waals surface area contributed by atoms with Crippen LogP contribution in [0.2, 0.25) is 0 Å². The Hall–Kier alpha value is -2.66. The van der Waals surface area contributed by atoms with Crippen molar-refractivity contribution in [3.8, 4) is 0 Å². The fourth-order valence-corrected chi connectivity index (χ4v) is 5.45. The molecule has 1 aliphatic carbocycles. The fraction of sp³-hybridized carbons (Fsp3) is 0.548. The zero-order valence-electron chi connectivity index (χ0n) is 21.5. The molecule has 194 valence electrons. The molecule has 5 unspecified atom stereocenters. The lowest BCUT2D eigenvalue weighted by atomic mass is 9.72. The lowest BCUT2D eigenvalue weighted by Gasteiger charge is -2.31. The molecule has 2 aromatic rings. The average Bonchev–Trinajstić information content (AvgIpc) is 3.69. The van der Waals surface area contributed by atoms with E-state index in [2.05, 4.69) is 48.5 Å². The quantitative estimate of drug-likeness (QED) is 0.186. The Morgan fingerprint density at radius 3 is 1.83 bits per heavy atom. The molecular weight excluding hydrogens is 452 g/mol. The first kappa shape index (κ1) is 26.4. The molecule has 1 aliphatic heterocycles. The van der Waals surface area contributed by atoms with E-state index in [-0.39, 0.29) is 30.1 Å². The highest BCUT2D eigenvalue weighted by atomic mass is 16.6. The van der Waals surface area contributed by atoms with Gasteiger partial charge in [-0.2, -0.15) is 0 Å². The predicted molar refractivity (Wildman–Crippen MR) is 139 cm³/mol. The summed E-state index contributed by atoms with van der Waals surface area (Å²) in [5.74, 6) is -1.53. The summed E-state index contributed by atoms with van der Waals surface area (Å²) in [6.07, 6.45) is 8.59. The van der Waals surface area contributed by atoms with Gasteiger partial charge in [0, 0.05) is 0 Å². The number of hydrogen-bond acceptors (Lipinski definition) is 5. The topological polar surface area (TPSA) is 65.1 Å². The molecule has 0 N–H and O–H groups in total. The smallest absolute Gasteiger partial charge is 0.310 e. The normalized spacial score (nSPS) is 24.5. The third-order valence-corrected chi connectivity index (χ3v) is 7.59. The van der Waals surface area contributed by atoms with Crippen molar-refractivity contribution >= 4 is 11.9 Å². The van der Waals surface area contributed by atoms with Crippen LogP contribution in [0.15, 0.2) is 60.7 Å². The van der Waals surface area contributed by atoms with Crippen LogP contribution in [0.5, 0.6) is 0 Å².